The number of carboxylic acid groups (broad SMARTS) is 1. The minimum absolute atomic E-state index is 0.0394. The van der Waals surface area contributed by atoms with Gasteiger partial charge in [-0.05, 0) is 23.8 Å². The lowest BCUT2D eigenvalue weighted by Crippen LogP contribution is -2.17. The van der Waals surface area contributed by atoms with E-state index >= 15 is 0 Å². The van der Waals surface area contributed by atoms with Gasteiger partial charge >= 0.3 is 5.97 Å². The Labute approximate surface area is 149 Å². The molecule has 7 heteroatoms. The molecule has 2 heterocycles. The maximum absolute atomic E-state index is 12.4. The van der Waals surface area contributed by atoms with Gasteiger partial charge < -0.3 is 15.2 Å². The highest BCUT2D eigenvalue weighted by Gasteiger charge is 2.15. The number of nitrogens with one attached hydrogen (secondary N) is 1. The standard InChI is InChI=1S/C19H15N3O4/c23-18(22-17-15(19(24)25)7-4-9-21-17)16-11-14(8-10-20-16)26-12-13-5-2-1-3-6-13/h1-11H,12H2,(H,24,25)(H,21,22,23). The highest BCUT2D eigenvalue weighted by Crippen LogP contribution is 2.16. The van der Waals surface area contributed by atoms with Gasteiger partial charge in [0.1, 0.15) is 29.4 Å². The van der Waals surface area contributed by atoms with Crippen LogP contribution in [0, 0.1) is 0 Å². The van der Waals surface area contributed by atoms with Crippen LogP contribution < -0.4 is 10.1 Å². The largest absolute Gasteiger partial charge is 0.489 e. The van der Waals surface area contributed by atoms with Gasteiger partial charge in [0.2, 0.25) is 0 Å². The molecule has 0 aliphatic rings. The van der Waals surface area contributed by atoms with Gasteiger partial charge in [0.05, 0.1) is 0 Å². The summed E-state index contributed by atoms with van der Waals surface area (Å²) < 4.78 is 5.67. The number of pyridine rings is 2. The van der Waals surface area contributed by atoms with E-state index in [0.29, 0.717) is 12.4 Å². The van der Waals surface area contributed by atoms with Gasteiger partial charge in [0.25, 0.3) is 5.91 Å². The molecule has 0 atom stereocenters. The van der Waals surface area contributed by atoms with Crippen LogP contribution in [0.5, 0.6) is 5.75 Å². The van der Waals surface area contributed by atoms with Crippen molar-refractivity contribution in [1.82, 2.24) is 9.97 Å². The van der Waals surface area contributed by atoms with Crippen LogP contribution in [0.25, 0.3) is 0 Å². The molecule has 0 bridgehead atoms. The first kappa shape index (κ1) is 17.1. The van der Waals surface area contributed by atoms with Crippen molar-refractivity contribution >= 4 is 17.7 Å². The molecule has 0 fully saturated rings. The number of nitrogens with zero attached hydrogens (tertiary/aromatic N) is 2. The van der Waals surface area contributed by atoms with E-state index in [0.717, 1.165) is 5.56 Å². The quantitative estimate of drug-likeness (QED) is 0.709. The molecule has 26 heavy (non-hydrogen) atoms. The van der Waals surface area contributed by atoms with E-state index in [2.05, 4.69) is 15.3 Å². The number of carbonyl (C=O) groups is 2. The fraction of sp³-hybridized carbons (Fsp3) is 0.0526. The molecule has 0 radical (unpaired) electrons. The second-order valence-electron chi connectivity index (χ2n) is 5.31. The fourth-order valence-corrected chi connectivity index (χ4v) is 2.22. The number of ether oxygens (including phenoxy) is 1. The van der Waals surface area contributed by atoms with Crippen LogP contribution in [0.15, 0.2) is 67.0 Å². The number of hydrogen-bond donors (Lipinski definition) is 2. The van der Waals surface area contributed by atoms with E-state index in [1.165, 1.54) is 30.6 Å². The number of rotatable bonds is 6. The van der Waals surface area contributed by atoms with Gasteiger partial charge in [0, 0.05) is 18.5 Å². The third kappa shape index (κ3) is 4.21. The van der Waals surface area contributed by atoms with Crippen LogP contribution in [0.3, 0.4) is 0 Å². The van der Waals surface area contributed by atoms with E-state index in [-0.39, 0.29) is 17.1 Å². The smallest absolute Gasteiger partial charge is 0.339 e. The Morgan fingerprint density at radius 2 is 1.81 bits per heavy atom. The van der Waals surface area contributed by atoms with Crippen molar-refractivity contribution in [2.75, 3.05) is 5.32 Å². The van der Waals surface area contributed by atoms with Crippen LogP contribution in [0.1, 0.15) is 26.4 Å². The Hall–Kier alpha value is -3.74. The third-order valence-electron chi connectivity index (χ3n) is 3.48. The number of aromatic nitrogens is 2. The Balaban J connectivity index is 1.71. The molecule has 2 N–H and O–H groups in total. The summed E-state index contributed by atoms with van der Waals surface area (Å²) in [5.74, 6) is -1.31. The summed E-state index contributed by atoms with van der Waals surface area (Å²) in [6.45, 7) is 0.356. The molecule has 0 aliphatic heterocycles. The van der Waals surface area contributed by atoms with Gasteiger partial charge in [-0.2, -0.15) is 0 Å². The molecule has 0 saturated carbocycles. The molecule has 0 unspecified atom stereocenters. The zero-order valence-corrected chi connectivity index (χ0v) is 13.6. The zero-order valence-electron chi connectivity index (χ0n) is 13.6. The summed E-state index contributed by atoms with van der Waals surface area (Å²) in [6, 6.07) is 15.6. The van der Waals surface area contributed by atoms with Crippen molar-refractivity contribution in [1.29, 1.82) is 0 Å². The average Bonchev–Trinajstić information content (AvgIpc) is 2.67. The number of aromatic carboxylic acids is 1. The van der Waals surface area contributed by atoms with Gasteiger partial charge in [-0.25, -0.2) is 9.78 Å². The highest BCUT2D eigenvalue weighted by atomic mass is 16.5. The molecule has 0 aliphatic carbocycles. The maximum atomic E-state index is 12.4. The number of benzene rings is 1. The van der Waals surface area contributed by atoms with Crippen molar-refractivity contribution in [3.63, 3.8) is 0 Å². The average molecular weight is 349 g/mol. The minimum Gasteiger partial charge on any atom is -0.489 e. The first-order chi connectivity index (χ1) is 12.6. The van der Waals surface area contributed by atoms with Crippen LogP contribution in [-0.2, 0) is 6.61 Å². The number of carbonyl (C=O) groups excluding carboxylic acids is 1. The topological polar surface area (TPSA) is 101 Å². The van der Waals surface area contributed by atoms with Gasteiger partial charge in [-0.1, -0.05) is 30.3 Å². The van der Waals surface area contributed by atoms with Crippen LogP contribution in [-0.4, -0.2) is 27.0 Å². The summed E-state index contributed by atoms with van der Waals surface area (Å²) in [7, 11) is 0. The summed E-state index contributed by atoms with van der Waals surface area (Å²) in [5.41, 5.74) is 0.991. The molecule has 130 valence electrons. The first-order valence-electron chi connectivity index (χ1n) is 7.76. The van der Waals surface area contributed by atoms with E-state index < -0.39 is 11.9 Å². The molecule has 0 saturated heterocycles. The monoisotopic (exact) mass is 349 g/mol. The minimum atomic E-state index is -1.18. The Bertz CT molecular complexity index is 929. The first-order valence-corrected chi connectivity index (χ1v) is 7.76. The SMILES string of the molecule is O=C(Nc1ncccc1C(=O)O)c1cc(OCc2ccccc2)ccn1. The predicted molar refractivity (Wildman–Crippen MR) is 94.2 cm³/mol. The summed E-state index contributed by atoms with van der Waals surface area (Å²) in [5, 5.41) is 11.6. The Morgan fingerprint density at radius 1 is 1.00 bits per heavy atom. The second kappa shape index (κ2) is 7.89. The van der Waals surface area contributed by atoms with Crippen LogP contribution in [0.4, 0.5) is 5.82 Å². The Morgan fingerprint density at radius 3 is 2.58 bits per heavy atom. The fourth-order valence-electron chi connectivity index (χ4n) is 2.22. The van der Waals surface area contributed by atoms with E-state index in [9.17, 15) is 9.59 Å². The van der Waals surface area contributed by atoms with Crippen LogP contribution in [0.2, 0.25) is 0 Å². The van der Waals surface area contributed by atoms with Crippen molar-refractivity contribution in [2.24, 2.45) is 0 Å². The number of anilines is 1. The summed E-state index contributed by atoms with van der Waals surface area (Å²) in [4.78, 5) is 31.4. The lowest BCUT2D eigenvalue weighted by molar-refractivity contribution is 0.0697. The van der Waals surface area contributed by atoms with Crippen molar-refractivity contribution < 1.29 is 19.4 Å². The van der Waals surface area contributed by atoms with E-state index in [4.69, 9.17) is 9.84 Å². The molecule has 0 spiro atoms. The van der Waals surface area contributed by atoms with E-state index in [1.54, 1.807) is 6.07 Å². The van der Waals surface area contributed by atoms with E-state index in [1.807, 2.05) is 30.3 Å². The maximum Gasteiger partial charge on any atom is 0.339 e. The zero-order chi connectivity index (χ0) is 18.4. The summed E-state index contributed by atoms with van der Waals surface area (Å²) in [6.07, 6.45) is 2.85. The number of hydrogen-bond acceptors (Lipinski definition) is 5. The molecule has 1 aromatic carbocycles. The predicted octanol–water partition coefficient (Wildman–Crippen LogP) is 3.01. The number of amides is 1. The molecule has 1 amide bonds. The molecule has 2 aromatic heterocycles. The van der Waals surface area contributed by atoms with Crippen molar-refractivity contribution in [2.45, 2.75) is 6.61 Å². The second-order valence-corrected chi connectivity index (χ2v) is 5.31. The van der Waals surface area contributed by atoms with Crippen LogP contribution >= 0.6 is 0 Å². The molecule has 3 rings (SSSR count). The van der Waals surface area contributed by atoms with Crippen molar-refractivity contribution in [3.8, 4) is 5.75 Å². The van der Waals surface area contributed by atoms with Gasteiger partial charge in [-0.3, -0.25) is 9.78 Å². The summed E-state index contributed by atoms with van der Waals surface area (Å²) >= 11 is 0. The molecule has 3 aromatic rings. The van der Waals surface area contributed by atoms with Crippen molar-refractivity contribution in [3.05, 3.63) is 83.8 Å². The lowest BCUT2D eigenvalue weighted by Gasteiger charge is -2.09. The third-order valence-corrected chi connectivity index (χ3v) is 3.48. The number of carboxylic acids is 1. The molecular formula is C19H15N3O4. The highest BCUT2D eigenvalue weighted by molar-refractivity contribution is 6.05. The normalized spacial score (nSPS) is 10.2. The van der Waals surface area contributed by atoms with Gasteiger partial charge in [0.15, 0.2) is 0 Å². The molecular weight excluding hydrogens is 334 g/mol. The Kier molecular flexibility index (Phi) is 5.19. The lowest BCUT2D eigenvalue weighted by atomic mass is 10.2. The van der Waals surface area contributed by atoms with Gasteiger partial charge in [-0.15, -0.1) is 0 Å². The molecule has 7 nitrogen and oxygen atoms in total.